The van der Waals surface area contributed by atoms with Gasteiger partial charge in [-0.1, -0.05) is 12.1 Å². The first-order valence-electron chi connectivity index (χ1n) is 9.86. The molecular weight excluding hydrogens is 525 g/mol. The van der Waals surface area contributed by atoms with E-state index in [9.17, 15) is 0 Å². The lowest BCUT2D eigenvalue weighted by molar-refractivity contribution is 0.407. The van der Waals surface area contributed by atoms with Crippen molar-refractivity contribution in [1.29, 1.82) is 0 Å². The maximum absolute atomic E-state index is 5.78. The third-order valence-electron chi connectivity index (χ3n) is 4.13. The molecule has 3 rings (SSSR count). The van der Waals surface area contributed by atoms with Gasteiger partial charge in [0.2, 0.25) is 5.88 Å². The molecule has 1 aromatic carbocycles. The van der Waals surface area contributed by atoms with Crippen molar-refractivity contribution < 1.29 is 9.47 Å². The van der Waals surface area contributed by atoms with Gasteiger partial charge in [-0.05, 0) is 31.5 Å². The first-order valence-corrected chi connectivity index (χ1v) is 10.7. The summed E-state index contributed by atoms with van der Waals surface area (Å²) < 4.78 is 11.0. The van der Waals surface area contributed by atoms with Crippen molar-refractivity contribution in [3.63, 3.8) is 0 Å². The van der Waals surface area contributed by atoms with E-state index in [1.807, 2.05) is 49.5 Å². The molecule has 2 heterocycles. The molecule has 3 aromatic rings. The lowest BCUT2D eigenvalue weighted by atomic mass is 10.3. The van der Waals surface area contributed by atoms with Crippen LogP contribution in [-0.2, 0) is 13.0 Å². The largest absolute Gasteiger partial charge is 0.497 e. The highest BCUT2D eigenvalue weighted by Crippen LogP contribution is 2.23. The molecule has 0 amide bonds. The van der Waals surface area contributed by atoms with E-state index >= 15 is 0 Å². The van der Waals surface area contributed by atoms with Crippen LogP contribution < -0.4 is 20.1 Å². The van der Waals surface area contributed by atoms with Crippen LogP contribution in [0.5, 0.6) is 17.4 Å². The van der Waals surface area contributed by atoms with E-state index in [-0.39, 0.29) is 24.0 Å². The smallest absolute Gasteiger partial charge is 0.219 e. The van der Waals surface area contributed by atoms with Gasteiger partial charge in [-0.3, -0.25) is 0 Å². The molecule has 166 valence electrons. The summed E-state index contributed by atoms with van der Waals surface area (Å²) in [7, 11) is 1.63. The van der Waals surface area contributed by atoms with Crippen molar-refractivity contribution in [3.05, 3.63) is 64.2 Å². The van der Waals surface area contributed by atoms with Gasteiger partial charge >= 0.3 is 0 Å². The number of aryl methyl sites for hydroxylation is 1. The molecule has 0 saturated heterocycles. The average Bonchev–Trinajstić information content (AvgIpc) is 3.18. The molecule has 0 fully saturated rings. The van der Waals surface area contributed by atoms with Crippen molar-refractivity contribution in [2.75, 3.05) is 20.2 Å². The summed E-state index contributed by atoms with van der Waals surface area (Å²) in [5, 5.41) is 7.75. The van der Waals surface area contributed by atoms with Crippen molar-refractivity contribution in [1.82, 2.24) is 20.6 Å². The highest BCUT2D eigenvalue weighted by molar-refractivity contribution is 14.0. The summed E-state index contributed by atoms with van der Waals surface area (Å²) in [6.45, 7) is 6.23. The number of benzene rings is 1. The number of nitrogens with one attached hydrogen (secondary N) is 2. The molecular formula is C22H28IN5O2S. The van der Waals surface area contributed by atoms with E-state index in [1.165, 1.54) is 4.88 Å². The molecule has 0 unspecified atom stereocenters. The Balaban J connectivity index is 0.00000341. The number of halogens is 1. The number of ether oxygens (including phenoxy) is 2. The van der Waals surface area contributed by atoms with E-state index in [1.54, 1.807) is 24.6 Å². The van der Waals surface area contributed by atoms with Gasteiger partial charge in [-0.25, -0.2) is 15.0 Å². The monoisotopic (exact) mass is 553 g/mol. The standard InChI is InChI=1S/C22H27N5O2S.HI/c1-4-23-22(24-11-10-21-26-13-16(2)30-21)27-15-17-8-9-20(25-14-17)29-19-7-5-6-18(12-19)28-3;/h5-9,12-14H,4,10-11,15H2,1-3H3,(H2,23,24,27);1H. The van der Waals surface area contributed by atoms with Crippen molar-refractivity contribution in [3.8, 4) is 17.4 Å². The van der Waals surface area contributed by atoms with Gasteiger partial charge in [0.15, 0.2) is 5.96 Å². The van der Waals surface area contributed by atoms with Gasteiger partial charge in [0.05, 0.1) is 18.7 Å². The number of hydrogen-bond acceptors (Lipinski definition) is 6. The third kappa shape index (κ3) is 8.33. The fraction of sp³-hybridized carbons (Fsp3) is 0.318. The molecule has 0 radical (unpaired) electrons. The van der Waals surface area contributed by atoms with Gasteiger partial charge in [-0.15, -0.1) is 35.3 Å². The maximum atomic E-state index is 5.78. The van der Waals surface area contributed by atoms with Crippen LogP contribution in [0.25, 0.3) is 0 Å². The second kappa shape index (κ2) is 13.1. The molecule has 0 aliphatic carbocycles. The topological polar surface area (TPSA) is 80.7 Å². The first-order chi connectivity index (χ1) is 14.7. The highest BCUT2D eigenvalue weighted by atomic mass is 127. The van der Waals surface area contributed by atoms with Gasteiger partial charge < -0.3 is 20.1 Å². The van der Waals surface area contributed by atoms with Crippen LogP contribution in [0.1, 0.15) is 22.4 Å². The number of pyridine rings is 1. The summed E-state index contributed by atoms with van der Waals surface area (Å²) in [6, 6.07) is 11.2. The number of thiazole rings is 1. The van der Waals surface area contributed by atoms with E-state index in [2.05, 4.69) is 32.5 Å². The van der Waals surface area contributed by atoms with Crippen LogP contribution in [0.4, 0.5) is 0 Å². The third-order valence-corrected chi connectivity index (χ3v) is 5.10. The van der Waals surface area contributed by atoms with Crippen LogP contribution >= 0.6 is 35.3 Å². The molecule has 2 N–H and O–H groups in total. The second-order valence-electron chi connectivity index (χ2n) is 6.52. The minimum Gasteiger partial charge on any atom is -0.497 e. The molecule has 0 spiro atoms. The van der Waals surface area contributed by atoms with Crippen LogP contribution in [0, 0.1) is 6.92 Å². The molecule has 31 heavy (non-hydrogen) atoms. The average molecular weight is 553 g/mol. The number of rotatable bonds is 9. The van der Waals surface area contributed by atoms with E-state index < -0.39 is 0 Å². The molecule has 9 heteroatoms. The lowest BCUT2D eigenvalue weighted by Gasteiger charge is -2.11. The predicted molar refractivity (Wildman–Crippen MR) is 136 cm³/mol. The number of methoxy groups -OCH3 is 1. The fourth-order valence-electron chi connectivity index (χ4n) is 2.67. The minimum absolute atomic E-state index is 0. The molecule has 0 aliphatic heterocycles. The number of aliphatic imine (C=N–C) groups is 1. The zero-order valence-electron chi connectivity index (χ0n) is 17.9. The Morgan fingerprint density at radius 3 is 2.61 bits per heavy atom. The number of nitrogens with zero attached hydrogens (tertiary/aromatic N) is 3. The van der Waals surface area contributed by atoms with Gasteiger partial charge in [0.25, 0.3) is 0 Å². The van der Waals surface area contributed by atoms with Crippen LogP contribution in [0.3, 0.4) is 0 Å². The molecule has 7 nitrogen and oxygen atoms in total. The zero-order chi connectivity index (χ0) is 21.2. The summed E-state index contributed by atoms with van der Waals surface area (Å²) in [6.07, 6.45) is 4.57. The fourth-order valence-corrected chi connectivity index (χ4v) is 3.45. The van der Waals surface area contributed by atoms with Crippen LogP contribution in [0.15, 0.2) is 53.8 Å². The number of guanidine groups is 1. The van der Waals surface area contributed by atoms with Crippen LogP contribution in [-0.4, -0.2) is 36.1 Å². The Kier molecular flexibility index (Phi) is 10.5. The molecule has 0 aliphatic rings. The van der Waals surface area contributed by atoms with E-state index in [4.69, 9.17) is 9.47 Å². The molecule has 0 bridgehead atoms. The minimum atomic E-state index is 0. The summed E-state index contributed by atoms with van der Waals surface area (Å²) in [5.41, 5.74) is 1.00. The number of aromatic nitrogens is 2. The molecule has 2 aromatic heterocycles. The highest BCUT2D eigenvalue weighted by Gasteiger charge is 2.03. The summed E-state index contributed by atoms with van der Waals surface area (Å²) >= 11 is 1.73. The molecule has 0 atom stereocenters. The SMILES string of the molecule is CCNC(=NCc1ccc(Oc2cccc(OC)c2)nc1)NCCc1ncc(C)s1.I. The van der Waals surface area contributed by atoms with Gasteiger partial charge in [0, 0.05) is 48.9 Å². The Hall–Kier alpha value is -2.40. The predicted octanol–water partition coefficient (Wildman–Crippen LogP) is 4.56. The normalized spacial score (nSPS) is 10.9. The van der Waals surface area contributed by atoms with Crippen LogP contribution in [0.2, 0.25) is 0 Å². The Labute approximate surface area is 204 Å². The summed E-state index contributed by atoms with van der Waals surface area (Å²) in [4.78, 5) is 14.6. The van der Waals surface area contributed by atoms with Crippen molar-refractivity contribution in [2.45, 2.75) is 26.8 Å². The van der Waals surface area contributed by atoms with Gasteiger partial charge in [0.1, 0.15) is 11.5 Å². The van der Waals surface area contributed by atoms with E-state index in [0.717, 1.165) is 41.8 Å². The zero-order valence-corrected chi connectivity index (χ0v) is 21.1. The molecule has 0 saturated carbocycles. The van der Waals surface area contributed by atoms with Crippen molar-refractivity contribution in [2.24, 2.45) is 4.99 Å². The Morgan fingerprint density at radius 2 is 1.94 bits per heavy atom. The van der Waals surface area contributed by atoms with Crippen molar-refractivity contribution >= 4 is 41.3 Å². The summed E-state index contributed by atoms with van der Waals surface area (Å²) in [5.74, 6) is 2.73. The lowest BCUT2D eigenvalue weighted by Crippen LogP contribution is -2.38. The quantitative estimate of drug-likeness (QED) is 0.230. The van der Waals surface area contributed by atoms with Gasteiger partial charge in [-0.2, -0.15) is 0 Å². The first kappa shape index (κ1) is 24.9. The Morgan fingerprint density at radius 1 is 1.10 bits per heavy atom. The Bertz CT molecular complexity index is 963. The number of hydrogen-bond donors (Lipinski definition) is 2. The second-order valence-corrected chi connectivity index (χ2v) is 7.84. The van der Waals surface area contributed by atoms with E-state index in [0.29, 0.717) is 18.2 Å². The maximum Gasteiger partial charge on any atom is 0.219 e.